The van der Waals surface area contributed by atoms with Gasteiger partial charge >= 0.3 is 0 Å². The second kappa shape index (κ2) is 7.51. The molecule has 5 rings (SSSR count). The molecule has 0 spiro atoms. The number of amides is 4. The summed E-state index contributed by atoms with van der Waals surface area (Å²) in [5.41, 5.74) is 0.439. The lowest BCUT2D eigenvalue weighted by Crippen LogP contribution is -2.54. The van der Waals surface area contributed by atoms with E-state index in [9.17, 15) is 24.3 Å². The number of piperidine rings is 2. The quantitative estimate of drug-likeness (QED) is 0.481. The topological polar surface area (TPSA) is 128 Å². The molecule has 1 aromatic rings. The van der Waals surface area contributed by atoms with Gasteiger partial charge in [0.25, 0.3) is 11.8 Å². The maximum Gasteiger partial charge on any atom is 0.262 e. The summed E-state index contributed by atoms with van der Waals surface area (Å²) in [5.74, 6) is -2.03. The van der Waals surface area contributed by atoms with Crippen molar-refractivity contribution < 1.29 is 24.3 Å². The van der Waals surface area contributed by atoms with Crippen LogP contribution in [0.25, 0.3) is 0 Å². The summed E-state index contributed by atoms with van der Waals surface area (Å²) in [5, 5.41) is 20.0. The summed E-state index contributed by atoms with van der Waals surface area (Å²) in [7, 11) is 0. The van der Waals surface area contributed by atoms with Crippen molar-refractivity contribution in [2.24, 2.45) is 0 Å². The standard InChI is InChI=1S/C22H26N4O5/c27-17-7-6-16(19(28)25-17)26-20(29)15-3-1-2-12(18(15)21(26)30)10-23-11-22(31)8-13-4-5-14(9-22)24-13/h1-3,13-14,16,23-24,31H,4-11H2,(H,25,27,28)/t13-,14+,16?,22?. The van der Waals surface area contributed by atoms with E-state index in [0.717, 1.165) is 17.7 Å². The molecule has 2 bridgehead atoms. The molecule has 4 amide bonds. The molecular weight excluding hydrogens is 400 g/mol. The number of imide groups is 2. The van der Waals surface area contributed by atoms with Crippen LogP contribution in [0, 0.1) is 0 Å². The average Bonchev–Trinajstić information content (AvgIpc) is 3.19. The molecular formula is C22H26N4O5. The molecule has 9 heteroatoms. The number of carbonyl (C=O) groups is 4. The van der Waals surface area contributed by atoms with Gasteiger partial charge in [-0.2, -0.15) is 0 Å². The zero-order valence-electron chi connectivity index (χ0n) is 17.1. The van der Waals surface area contributed by atoms with Gasteiger partial charge in [-0.3, -0.25) is 29.4 Å². The van der Waals surface area contributed by atoms with E-state index in [0.29, 0.717) is 49.1 Å². The minimum absolute atomic E-state index is 0.0909. The summed E-state index contributed by atoms with van der Waals surface area (Å²) in [6.45, 7) is 0.737. The molecule has 1 aromatic carbocycles. The van der Waals surface area contributed by atoms with E-state index in [4.69, 9.17) is 0 Å². The van der Waals surface area contributed by atoms with Crippen molar-refractivity contribution in [2.45, 2.75) is 68.8 Å². The van der Waals surface area contributed by atoms with E-state index in [2.05, 4.69) is 16.0 Å². The number of rotatable bonds is 5. The molecule has 0 aromatic heterocycles. The van der Waals surface area contributed by atoms with Gasteiger partial charge in [-0.1, -0.05) is 12.1 Å². The zero-order valence-corrected chi connectivity index (χ0v) is 17.1. The van der Waals surface area contributed by atoms with Crippen molar-refractivity contribution in [3.63, 3.8) is 0 Å². The Hall–Kier alpha value is -2.62. The number of nitrogens with one attached hydrogen (secondary N) is 3. The molecule has 4 heterocycles. The highest BCUT2D eigenvalue weighted by molar-refractivity contribution is 6.24. The minimum atomic E-state index is -0.975. The monoisotopic (exact) mass is 426 g/mol. The van der Waals surface area contributed by atoms with Crippen LogP contribution >= 0.6 is 0 Å². The molecule has 3 saturated heterocycles. The summed E-state index contributed by atoms with van der Waals surface area (Å²) < 4.78 is 0. The summed E-state index contributed by atoms with van der Waals surface area (Å²) >= 11 is 0. The van der Waals surface area contributed by atoms with Crippen LogP contribution in [-0.4, -0.2) is 63.9 Å². The molecule has 4 N–H and O–H groups in total. The largest absolute Gasteiger partial charge is 0.388 e. The molecule has 0 aliphatic carbocycles. The van der Waals surface area contributed by atoms with E-state index >= 15 is 0 Å². The zero-order chi connectivity index (χ0) is 21.8. The molecule has 3 fully saturated rings. The number of nitrogens with zero attached hydrogens (tertiary/aromatic N) is 1. The van der Waals surface area contributed by atoms with Gasteiger partial charge in [-0.05, 0) is 43.7 Å². The Labute approximate surface area is 179 Å². The van der Waals surface area contributed by atoms with Crippen LogP contribution in [0.15, 0.2) is 18.2 Å². The van der Waals surface area contributed by atoms with Gasteiger partial charge in [0.1, 0.15) is 6.04 Å². The first kappa shape index (κ1) is 20.3. The third-order valence-corrected chi connectivity index (χ3v) is 6.91. The minimum Gasteiger partial charge on any atom is -0.388 e. The van der Waals surface area contributed by atoms with Crippen molar-refractivity contribution >= 4 is 23.6 Å². The fraction of sp³-hybridized carbons (Fsp3) is 0.545. The molecule has 4 atom stereocenters. The highest BCUT2D eigenvalue weighted by Crippen LogP contribution is 2.34. The van der Waals surface area contributed by atoms with E-state index in [1.165, 1.54) is 0 Å². The van der Waals surface area contributed by atoms with Crippen LogP contribution in [0.2, 0.25) is 0 Å². The van der Waals surface area contributed by atoms with Gasteiger partial charge in [0, 0.05) is 31.6 Å². The van der Waals surface area contributed by atoms with Gasteiger partial charge in [-0.25, -0.2) is 0 Å². The number of aliphatic hydroxyl groups is 1. The Morgan fingerprint density at radius 1 is 1.06 bits per heavy atom. The maximum atomic E-state index is 13.1. The second-order valence-electron chi connectivity index (χ2n) is 9.16. The Bertz CT molecular complexity index is 965. The van der Waals surface area contributed by atoms with Gasteiger partial charge < -0.3 is 15.7 Å². The fourth-order valence-corrected chi connectivity index (χ4v) is 5.53. The lowest BCUT2D eigenvalue weighted by Gasteiger charge is -2.37. The van der Waals surface area contributed by atoms with Crippen LogP contribution < -0.4 is 16.0 Å². The number of fused-ring (bicyclic) bond motifs is 3. The summed E-state index contributed by atoms with van der Waals surface area (Å²) in [4.78, 5) is 50.7. The van der Waals surface area contributed by atoms with Crippen LogP contribution in [0.4, 0.5) is 0 Å². The Morgan fingerprint density at radius 2 is 1.81 bits per heavy atom. The van der Waals surface area contributed by atoms with E-state index in [1.54, 1.807) is 18.2 Å². The van der Waals surface area contributed by atoms with Gasteiger partial charge in [0.2, 0.25) is 11.8 Å². The first-order valence-electron chi connectivity index (χ1n) is 10.9. The SMILES string of the molecule is O=C1CCC(N2C(=O)c3cccc(CNCC4(O)C[C@H]5CC[C@@H](C4)N5)c3C2=O)C(=O)N1. The van der Waals surface area contributed by atoms with Crippen LogP contribution in [0.1, 0.15) is 64.8 Å². The van der Waals surface area contributed by atoms with Crippen molar-refractivity contribution in [3.05, 3.63) is 34.9 Å². The predicted molar refractivity (Wildman–Crippen MR) is 109 cm³/mol. The van der Waals surface area contributed by atoms with Crippen molar-refractivity contribution in [2.75, 3.05) is 6.54 Å². The van der Waals surface area contributed by atoms with E-state index in [-0.39, 0.29) is 18.4 Å². The van der Waals surface area contributed by atoms with Crippen molar-refractivity contribution in [1.82, 2.24) is 20.9 Å². The summed E-state index contributed by atoms with van der Waals surface area (Å²) in [6, 6.07) is 4.82. The van der Waals surface area contributed by atoms with Crippen LogP contribution in [0.3, 0.4) is 0 Å². The van der Waals surface area contributed by atoms with E-state index < -0.39 is 35.3 Å². The fourth-order valence-electron chi connectivity index (χ4n) is 5.53. The Morgan fingerprint density at radius 3 is 2.52 bits per heavy atom. The maximum absolute atomic E-state index is 13.1. The highest BCUT2D eigenvalue weighted by Gasteiger charge is 2.46. The van der Waals surface area contributed by atoms with Gasteiger partial charge in [-0.15, -0.1) is 0 Å². The highest BCUT2D eigenvalue weighted by atomic mass is 16.3. The molecule has 31 heavy (non-hydrogen) atoms. The Balaban J connectivity index is 1.30. The number of carbonyl (C=O) groups excluding carboxylic acids is 4. The first-order chi connectivity index (χ1) is 14.8. The smallest absolute Gasteiger partial charge is 0.262 e. The van der Waals surface area contributed by atoms with Crippen LogP contribution in [0.5, 0.6) is 0 Å². The number of hydrogen-bond acceptors (Lipinski definition) is 7. The second-order valence-corrected chi connectivity index (χ2v) is 9.16. The molecule has 4 aliphatic rings. The lowest BCUT2D eigenvalue weighted by molar-refractivity contribution is -0.136. The van der Waals surface area contributed by atoms with E-state index in [1.807, 2.05) is 0 Å². The summed E-state index contributed by atoms with van der Waals surface area (Å²) in [6.07, 6.45) is 3.80. The van der Waals surface area contributed by atoms with Gasteiger partial charge in [0.05, 0.1) is 16.7 Å². The van der Waals surface area contributed by atoms with Crippen LogP contribution in [-0.2, 0) is 16.1 Å². The molecule has 0 saturated carbocycles. The predicted octanol–water partition coefficient (Wildman–Crippen LogP) is -0.177. The molecule has 9 nitrogen and oxygen atoms in total. The van der Waals surface area contributed by atoms with Gasteiger partial charge in [0.15, 0.2) is 0 Å². The third-order valence-electron chi connectivity index (χ3n) is 6.91. The molecule has 164 valence electrons. The molecule has 2 unspecified atom stereocenters. The Kier molecular flexibility index (Phi) is 4.91. The molecule has 4 aliphatic heterocycles. The average molecular weight is 426 g/mol. The lowest BCUT2D eigenvalue weighted by atomic mass is 9.87. The first-order valence-corrected chi connectivity index (χ1v) is 10.9. The third kappa shape index (κ3) is 3.56. The number of benzene rings is 1. The molecule has 0 radical (unpaired) electrons. The van der Waals surface area contributed by atoms with Crippen molar-refractivity contribution in [1.29, 1.82) is 0 Å². The normalized spacial score (nSPS) is 32.4. The number of hydrogen-bond donors (Lipinski definition) is 4. The van der Waals surface area contributed by atoms with Crippen molar-refractivity contribution in [3.8, 4) is 0 Å².